The Labute approximate surface area is 231 Å². The lowest BCUT2D eigenvalue weighted by molar-refractivity contribution is 0.242. The van der Waals surface area contributed by atoms with Crippen LogP contribution in [-0.4, -0.2) is 62.3 Å². The van der Waals surface area contributed by atoms with E-state index in [4.69, 9.17) is 26.8 Å². The molecule has 0 radical (unpaired) electrons. The van der Waals surface area contributed by atoms with Gasteiger partial charge < -0.3 is 25.0 Å². The predicted molar refractivity (Wildman–Crippen MR) is 152 cm³/mol. The molecule has 0 heterocycles. The highest BCUT2D eigenvalue weighted by molar-refractivity contribution is 7.99. The molecule has 9 heteroatoms. The number of nitrogens with two attached hydrogens (primary N) is 1. The maximum absolute atomic E-state index is 10.1. The number of nitriles is 2. The average molecular weight is 544 g/mol. The van der Waals surface area contributed by atoms with Gasteiger partial charge in [0, 0.05) is 23.7 Å². The van der Waals surface area contributed by atoms with E-state index in [9.17, 15) is 10.5 Å². The normalized spacial score (nSPS) is 10.9. The van der Waals surface area contributed by atoms with Crippen LogP contribution in [-0.2, 0) is 0 Å². The summed E-state index contributed by atoms with van der Waals surface area (Å²) in [6.07, 6.45) is 1.54. The molecule has 7 nitrogen and oxygen atoms in total. The van der Waals surface area contributed by atoms with Crippen LogP contribution in [0.4, 0.5) is 5.69 Å². The Balaban J connectivity index is 2.44. The Morgan fingerprint density at radius 3 is 1.81 bits per heavy atom. The Hall–Kier alpha value is -2.62. The standard InChI is InChI=1S/C28H38ClN5O2S/c1-5-33(6-2)15-11-17-35-26-21(19-30)22(20-31)27(36-18-12-16-34(7-3)8-4)28(25(26)29)37-24-14-10-9-13-23(24)32/h9-10,13-14H,5-8,11-12,15-18,32H2,1-4H3. The number of nitrogens with zero attached hydrogens (tertiary/aromatic N) is 4. The number of anilines is 1. The lowest BCUT2D eigenvalue weighted by Crippen LogP contribution is -2.25. The predicted octanol–water partition coefficient (Wildman–Crippen LogP) is 6.04. The SMILES string of the molecule is CCN(CC)CCCOc1c(Cl)c(Sc2ccccc2N)c(OCCCN(CC)CC)c(C#N)c1C#N. The Kier molecular flexibility index (Phi) is 13.5. The van der Waals surface area contributed by atoms with Gasteiger partial charge >= 0.3 is 0 Å². The first-order valence-electron chi connectivity index (χ1n) is 12.9. The highest BCUT2D eigenvalue weighted by atomic mass is 35.5. The third-order valence-electron chi connectivity index (χ3n) is 6.18. The van der Waals surface area contributed by atoms with Gasteiger partial charge in [-0.25, -0.2) is 0 Å². The zero-order valence-corrected chi connectivity index (χ0v) is 23.9. The molecule has 0 unspecified atom stereocenters. The van der Waals surface area contributed by atoms with Crippen molar-refractivity contribution >= 4 is 29.1 Å². The molecule has 0 spiro atoms. The van der Waals surface area contributed by atoms with Crippen molar-refractivity contribution in [3.8, 4) is 23.6 Å². The molecular formula is C28H38ClN5O2S. The van der Waals surface area contributed by atoms with E-state index in [0.717, 1.165) is 57.0 Å². The zero-order valence-electron chi connectivity index (χ0n) is 22.3. The molecule has 200 valence electrons. The smallest absolute Gasteiger partial charge is 0.158 e. The van der Waals surface area contributed by atoms with Crippen LogP contribution in [0.1, 0.15) is 51.7 Å². The molecule has 0 fully saturated rings. The third kappa shape index (κ3) is 8.45. The van der Waals surface area contributed by atoms with Crippen molar-refractivity contribution in [2.45, 2.75) is 50.3 Å². The molecule has 0 aliphatic heterocycles. The van der Waals surface area contributed by atoms with Crippen LogP contribution in [0, 0.1) is 22.7 Å². The minimum atomic E-state index is 0.0967. The molecular weight excluding hydrogens is 506 g/mol. The molecule has 2 aromatic rings. The summed E-state index contributed by atoms with van der Waals surface area (Å²) in [5, 5.41) is 20.3. The second-order valence-corrected chi connectivity index (χ2v) is 9.80. The van der Waals surface area contributed by atoms with E-state index < -0.39 is 0 Å². The number of halogens is 1. The summed E-state index contributed by atoms with van der Waals surface area (Å²) >= 11 is 8.20. The van der Waals surface area contributed by atoms with Gasteiger partial charge in [-0.3, -0.25) is 0 Å². The Bertz CT molecular complexity index is 1090. The van der Waals surface area contributed by atoms with E-state index in [0.29, 0.717) is 29.5 Å². The van der Waals surface area contributed by atoms with Crippen molar-refractivity contribution in [2.75, 3.05) is 58.2 Å². The average Bonchev–Trinajstić information content (AvgIpc) is 2.92. The van der Waals surface area contributed by atoms with Crippen LogP contribution in [0.15, 0.2) is 34.1 Å². The summed E-state index contributed by atoms with van der Waals surface area (Å²) in [7, 11) is 0. The number of ether oxygens (including phenoxy) is 2. The van der Waals surface area contributed by atoms with Gasteiger partial charge in [0.15, 0.2) is 11.5 Å². The third-order valence-corrected chi connectivity index (χ3v) is 7.84. The number of nitrogen functional groups attached to an aromatic ring is 1. The summed E-state index contributed by atoms with van der Waals surface area (Å²) in [4.78, 5) is 5.90. The van der Waals surface area contributed by atoms with Crippen molar-refractivity contribution < 1.29 is 9.47 Å². The number of benzene rings is 2. The van der Waals surface area contributed by atoms with Crippen molar-refractivity contribution in [1.82, 2.24) is 9.80 Å². The van der Waals surface area contributed by atoms with Gasteiger partial charge in [-0.1, -0.05) is 63.2 Å². The second kappa shape index (κ2) is 16.3. The lowest BCUT2D eigenvalue weighted by atomic mass is 10.1. The molecule has 0 bridgehead atoms. The maximum Gasteiger partial charge on any atom is 0.158 e. The van der Waals surface area contributed by atoms with E-state index in [1.54, 1.807) is 6.07 Å². The summed E-state index contributed by atoms with van der Waals surface area (Å²) in [5.41, 5.74) is 7.02. The van der Waals surface area contributed by atoms with Crippen molar-refractivity contribution in [1.29, 1.82) is 10.5 Å². The largest absolute Gasteiger partial charge is 0.491 e. The minimum absolute atomic E-state index is 0.0967. The fourth-order valence-electron chi connectivity index (χ4n) is 3.92. The number of hydrogen-bond acceptors (Lipinski definition) is 8. The molecule has 0 saturated carbocycles. The van der Waals surface area contributed by atoms with Gasteiger partial charge in [-0.05, 0) is 51.2 Å². The van der Waals surface area contributed by atoms with Crippen LogP contribution < -0.4 is 15.2 Å². The van der Waals surface area contributed by atoms with Crippen LogP contribution in [0.3, 0.4) is 0 Å². The lowest BCUT2D eigenvalue weighted by Gasteiger charge is -2.21. The van der Waals surface area contributed by atoms with Gasteiger partial charge in [0.1, 0.15) is 28.3 Å². The molecule has 2 aromatic carbocycles. The van der Waals surface area contributed by atoms with Gasteiger partial charge in [-0.2, -0.15) is 10.5 Å². The Morgan fingerprint density at radius 2 is 1.32 bits per heavy atom. The highest BCUT2D eigenvalue weighted by Gasteiger charge is 2.27. The molecule has 0 saturated heterocycles. The zero-order chi connectivity index (χ0) is 27.2. The number of hydrogen-bond donors (Lipinski definition) is 1. The highest BCUT2D eigenvalue weighted by Crippen LogP contribution is 2.49. The first-order chi connectivity index (χ1) is 17.9. The van der Waals surface area contributed by atoms with Gasteiger partial charge in [0.2, 0.25) is 0 Å². The minimum Gasteiger partial charge on any atom is -0.491 e. The van der Waals surface area contributed by atoms with Crippen LogP contribution in [0.25, 0.3) is 0 Å². The number of para-hydroxylation sites is 1. The van der Waals surface area contributed by atoms with E-state index >= 15 is 0 Å². The second-order valence-electron chi connectivity index (χ2n) is 8.37. The molecule has 0 aromatic heterocycles. The maximum atomic E-state index is 10.1. The first-order valence-corrected chi connectivity index (χ1v) is 14.1. The monoisotopic (exact) mass is 543 g/mol. The van der Waals surface area contributed by atoms with Crippen LogP contribution >= 0.6 is 23.4 Å². The van der Waals surface area contributed by atoms with E-state index in [1.165, 1.54) is 11.8 Å². The Morgan fingerprint density at radius 1 is 0.838 bits per heavy atom. The van der Waals surface area contributed by atoms with Gasteiger partial charge in [0.05, 0.1) is 18.1 Å². The van der Waals surface area contributed by atoms with E-state index in [2.05, 4.69) is 49.6 Å². The summed E-state index contributed by atoms with van der Waals surface area (Å²) < 4.78 is 12.2. The fourth-order valence-corrected chi connectivity index (χ4v) is 5.26. The molecule has 0 aliphatic carbocycles. The number of rotatable bonds is 16. The quantitative estimate of drug-likeness (QED) is 0.202. The molecule has 37 heavy (non-hydrogen) atoms. The summed E-state index contributed by atoms with van der Waals surface area (Å²) in [6.45, 7) is 14.8. The van der Waals surface area contributed by atoms with E-state index in [-0.39, 0.29) is 21.9 Å². The van der Waals surface area contributed by atoms with Gasteiger partial charge in [0.25, 0.3) is 0 Å². The van der Waals surface area contributed by atoms with Crippen LogP contribution in [0.5, 0.6) is 11.5 Å². The summed E-state index contributed by atoms with van der Waals surface area (Å²) in [6, 6.07) is 11.7. The van der Waals surface area contributed by atoms with E-state index in [1.807, 2.05) is 18.2 Å². The molecule has 0 atom stereocenters. The fraction of sp³-hybridized carbons (Fsp3) is 0.500. The summed E-state index contributed by atoms with van der Waals surface area (Å²) in [5.74, 6) is 0.514. The topological polar surface area (TPSA) is 98.5 Å². The first kappa shape index (κ1) is 30.6. The van der Waals surface area contributed by atoms with Crippen molar-refractivity contribution in [3.63, 3.8) is 0 Å². The molecule has 0 aliphatic rings. The molecule has 2 N–H and O–H groups in total. The van der Waals surface area contributed by atoms with Crippen LogP contribution in [0.2, 0.25) is 5.02 Å². The molecule has 2 rings (SSSR count). The molecule has 0 amide bonds. The van der Waals surface area contributed by atoms with Crippen molar-refractivity contribution in [3.05, 3.63) is 40.4 Å². The van der Waals surface area contributed by atoms with Gasteiger partial charge in [-0.15, -0.1) is 0 Å². The van der Waals surface area contributed by atoms with Crippen molar-refractivity contribution in [2.24, 2.45) is 0 Å².